The number of carbonyl (C=O) groups is 2. The molecule has 20 heavy (non-hydrogen) atoms. The van der Waals surface area contributed by atoms with Crippen molar-refractivity contribution in [2.75, 3.05) is 10.6 Å². The molecule has 0 saturated heterocycles. The zero-order valence-electron chi connectivity index (χ0n) is 11.2. The van der Waals surface area contributed by atoms with Gasteiger partial charge in [0.05, 0.1) is 16.9 Å². The van der Waals surface area contributed by atoms with Gasteiger partial charge in [-0.3, -0.25) is 14.6 Å². The van der Waals surface area contributed by atoms with Crippen LogP contribution in [-0.4, -0.2) is 16.8 Å². The van der Waals surface area contributed by atoms with Gasteiger partial charge in [0.1, 0.15) is 5.69 Å². The molecule has 100 valence electrons. The Morgan fingerprint density at radius 1 is 1.10 bits per heavy atom. The number of hydrogen-bond acceptors (Lipinski definition) is 4. The van der Waals surface area contributed by atoms with E-state index >= 15 is 0 Å². The summed E-state index contributed by atoms with van der Waals surface area (Å²) in [4.78, 5) is 29.8. The Bertz CT molecular complexity index is 718. The fourth-order valence-corrected chi connectivity index (χ4v) is 2.30. The number of imide groups is 1. The van der Waals surface area contributed by atoms with Crippen molar-refractivity contribution in [1.29, 1.82) is 0 Å². The van der Waals surface area contributed by atoms with Gasteiger partial charge in [0, 0.05) is 6.20 Å². The molecule has 0 bridgehead atoms. The van der Waals surface area contributed by atoms with Gasteiger partial charge >= 0.3 is 0 Å². The minimum Gasteiger partial charge on any atom is -0.397 e. The van der Waals surface area contributed by atoms with Crippen LogP contribution in [0.3, 0.4) is 0 Å². The number of anilines is 2. The first-order chi connectivity index (χ1) is 9.50. The number of aromatic nitrogens is 1. The number of carbonyl (C=O) groups excluding carboxylic acids is 2. The van der Waals surface area contributed by atoms with E-state index in [9.17, 15) is 9.59 Å². The molecule has 0 spiro atoms. The second-order valence-electron chi connectivity index (χ2n) is 4.84. The molecule has 0 fully saturated rings. The Hall–Kier alpha value is -2.69. The van der Waals surface area contributed by atoms with E-state index in [4.69, 9.17) is 5.73 Å². The highest BCUT2D eigenvalue weighted by Gasteiger charge is 2.38. The van der Waals surface area contributed by atoms with Gasteiger partial charge in [0.2, 0.25) is 0 Å². The number of aryl methyl sites for hydroxylation is 2. The number of fused-ring (bicyclic) bond motifs is 1. The second-order valence-corrected chi connectivity index (χ2v) is 4.84. The molecule has 5 nitrogen and oxygen atoms in total. The van der Waals surface area contributed by atoms with Gasteiger partial charge in [-0.05, 0) is 49.2 Å². The topological polar surface area (TPSA) is 76.3 Å². The van der Waals surface area contributed by atoms with Gasteiger partial charge in [-0.25, -0.2) is 4.90 Å². The second kappa shape index (κ2) is 4.16. The van der Waals surface area contributed by atoms with E-state index < -0.39 is 5.91 Å². The zero-order valence-corrected chi connectivity index (χ0v) is 11.2. The van der Waals surface area contributed by atoms with Gasteiger partial charge in [-0.2, -0.15) is 0 Å². The highest BCUT2D eigenvalue weighted by molar-refractivity contribution is 6.34. The van der Waals surface area contributed by atoms with E-state index in [-0.39, 0.29) is 11.6 Å². The summed E-state index contributed by atoms with van der Waals surface area (Å²) >= 11 is 0. The van der Waals surface area contributed by atoms with E-state index in [1.807, 2.05) is 13.8 Å². The molecule has 2 amide bonds. The van der Waals surface area contributed by atoms with Gasteiger partial charge in [0.25, 0.3) is 11.8 Å². The third-order valence-electron chi connectivity index (χ3n) is 3.53. The maximum atomic E-state index is 12.4. The van der Waals surface area contributed by atoms with Gasteiger partial charge in [0.15, 0.2) is 0 Å². The van der Waals surface area contributed by atoms with Crippen LogP contribution in [0.1, 0.15) is 32.0 Å². The zero-order chi connectivity index (χ0) is 14.4. The number of benzene rings is 1. The minimum atomic E-state index is -0.430. The summed E-state index contributed by atoms with van der Waals surface area (Å²) < 4.78 is 0. The van der Waals surface area contributed by atoms with Crippen molar-refractivity contribution in [3.05, 3.63) is 52.8 Å². The summed E-state index contributed by atoms with van der Waals surface area (Å²) in [5.74, 6) is -0.811. The van der Waals surface area contributed by atoms with Crippen molar-refractivity contribution in [3.8, 4) is 0 Å². The molecule has 0 aliphatic carbocycles. The highest BCUT2D eigenvalue weighted by Crippen LogP contribution is 2.32. The lowest BCUT2D eigenvalue weighted by Crippen LogP contribution is -2.30. The largest absolute Gasteiger partial charge is 0.397 e. The predicted octanol–water partition coefficient (Wildman–Crippen LogP) is 2.08. The number of rotatable bonds is 1. The Kier molecular flexibility index (Phi) is 2.57. The SMILES string of the molecule is Cc1cc(N)c(N2C(=O)c3cccnc3C2=O)cc1C. The van der Waals surface area contributed by atoms with Crippen LogP contribution in [0, 0.1) is 13.8 Å². The quantitative estimate of drug-likeness (QED) is 0.634. The lowest BCUT2D eigenvalue weighted by atomic mass is 10.1. The van der Waals surface area contributed by atoms with Crippen LogP contribution in [0.25, 0.3) is 0 Å². The molecule has 1 aliphatic heterocycles. The van der Waals surface area contributed by atoms with Crippen molar-refractivity contribution in [3.63, 3.8) is 0 Å². The third-order valence-corrected chi connectivity index (χ3v) is 3.53. The van der Waals surface area contributed by atoms with Crippen LogP contribution in [0.4, 0.5) is 11.4 Å². The van der Waals surface area contributed by atoms with Crippen LogP contribution in [0.2, 0.25) is 0 Å². The summed E-state index contributed by atoms with van der Waals surface area (Å²) in [5.41, 5.74) is 9.26. The van der Waals surface area contributed by atoms with E-state index in [0.29, 0.717) is 16.9 Å². The molecule has 0 atom stereocenters. The standard InChI is InChI=1S/C15H13N3O2/c1-8-6-11(16)12(7-9(8)2)18-14(19)10-4-3-5-17-13(10)15(18)20/h3-7H,16H2,1-2H3. The summed E-state index contributed by atoms with van der Waals surface area (Å²) in [7, 11) is 0. The molecule has 0 unspecified atom stereocenters. The molecule has 0 saturated carbocycles. The summed E-state index contributed by atoms with van der Waals surface area (Å²) in [6, 6.07) is 6.76. The van der Waals surface area contributed by atoms with Crippen LogP contribution < -0.4 is 10.6 Å². The molecule has 5 heteroatoms. The van der Waals surface area contributed by atoms with Crippen molar-refractivity contribution in [1.82, 2.24) is 4.98 Å². The number of amides is 2. The van der Waals surface area contributed by atoms with Crippen molar-refractivity contribution in [2.24, 2.45) is 0 Å². The van der Waals surface area contributed by atoms with Gasteiger partial charge < -0.3 is 5.73 Å². The summed E-state index contributed by atoms with van der Waals surface area (Å²) in [6.45, 7) is 3.84. The highest BCUT2D eigenvalue weighted by atomic mass is 16.2. The Balaban J connectivity index is 2.17. The van der Waals surface area contributed by atoms with Gasteiger partial charge in [-0.1, -0.05) is 0 Å². The van der Waals surface area contributed by atoms with Crippen LogP contribution in [0.5, 0.6) is 0 Å². The molecule has 1 aromatic heterocycles. The molecular formula is C15H13N3O2. The van der Waals surface area contributed by atoms with E-state index in [1.165, 1.54) is 6.20 Å². The average molecular weight is 267 g/mol. The van der Waals surface area contributed by atoms with Crippen molar-refractivity contribution >= 4 is 23.2 Å². The van der Waals surface area contributed by atoms with Crippen LogP contribution in [-0.2, 0) is 0 Å². The van der Waals surface area contributed by atoms with Crippen LogP contribution in [0.15, 0.2) is 30.5 Å². The third kappa shape index (κ3) is 1.60. The normalized spacial score (nSPS) is 13.8. The molecule has 1 aromatic carbocycles. The van der Waals surface area contributed by atoms with E-state index in [1.54, 1.807) is 24.3 Å². The smallest absolute Gasteiger partial charge is 0.284 e. The Morgan fingerprint density at radius 2 is 1.80 bits per heavy atom. The first-order valence-electron chi connectivity index (χ1n) is 6.21. The number of nitrogen functional groups attached to an aromatic ring is 1. The molecule has 2 N–H and O–H groups in total. The maximum Gasteiger partial charge on any atom is 0.284 e. The Morgan fingerprint density at radius 3 is 2.50 bits per heavy atom. The van der Waals surface area contributed by atoms with E-state index in [0.717, 1.165) is 16.0 Å². The van der Waals surface area contributed by atoms with Crippen LogP contribution >= 0.6 is 0 Å². The van der Waals surface area contributed by atoms with Crippen molar-refractivity contribution < 1.29 is 9.59 Å². The molecule has 0 radical (unpaired) electrons. The van der Waals surface area contributed by atoms with E-state index in [2.05, 4.69) is 4.98 Å². The lowest BCUT2D eigenvalue weighted by molar-refractivity contribution is 0.0925. The Labute approximate surface area is 116 Å². The summed E-state index contributed by atoms with van der Waals surface area (Å²) in [5, 5.41) is 0. The number of pyridine rings is 1. The molecule has 3 rings (SSSR count). The predicted molar refractivity (Wildman–Crippen MR) is 75.7 cm³/mol. The number of hydrogen-bond donors (Lipinski definition) is 1. The first kappa shape index (κ1) is 12.3. The van der Waals surface area contributed by atoms with Gasteiger partial charge in [-0.15, -0.1) is 0 Å². The minimum absolute atomic E-state index is 0.176. The summed E-state index contributed by atoms with van der Waals surface area (Å²) in [6.07, 6.45) is 1.50. The number of nitrogens with two attached hydrogens (primary N) is 1. The maximum absolute atomic E-state index is 12.4. The van der Waals surface area contributed by atoms with Crippen molar-refractivity contribution in [2.45, 2.75) is 13.8 Å². The first-order valence-corrected chi connectivity index (χ1v) is 6.21. The molecule has 1 aliphatic rings. The fourth-order valence-electron chi connectivity index (χ4n) is 2.30. The lowest BCUT2D eigenvalue weighted by Gasteiger charge is -2.17. The molecular weight excluding hydrogens is 254 g/mol. The fraction of sp³-hybridized carbons (Fsp3) is 0.133. The number of nitrogens with zero attached hydrogens (tertiary/aromatic N) is 2. The average Bonchev–Trinajstić information content (AvgIpc) is 2.68. The molecule has 2 aromatic rings. The molecule has 2 heterocycles. The monoisotopic (exact) mass is 267 g/mol.